The lowest BCUT2D eigenvalue weighted by atomic mass is 10.2. The molecule has 0 saturated carbocycles. The summed E-state index contributed by atoms with van der Waals surface area (Å²) in [5.74, 6) is -0.368. The molecule has 0 aliphatic carbocycles. The number of nitrogens with zero attached hydrogens (tertiary/aromatic N) is 5. The van der Waals surface area contributed by atoms with Gasteiger partial charge in [-0.25, -0.2) is 14.8 Å². The van der Waals surface area contributed by atoms with Crippen LogP contribution in [0.2, 0.25) is 0 Å². The highest BCUT2D eigenvalue weighted by Crippen LogP contribution is 2.24. The van der Waals surface area contributed by atoms with Gasteiger partial charge in [-0.1, -0.05) is 6.07 Å². The van der Waals surface area contributed by atoms with E-state index in [4.69, 9.17) is 16.6 Å². The Labute approximate surface area is 130 Å². The molecule has 9 heteroatoms. The molecule has 0 saturated heterocycles. The Bertz CT molecular complexity index is 913. The van der Waals surface area contributed by atoms with Gasteiger partial charge in [-0.05, 0) is 18.2 Å². The first-order chi connectivity index (χ1) is 11.0. The van der Waals surface area contributed by atoms with Crippen LogP contribution in [0.5, 0.6) is 0 Å². The summed E-state index contributed by atoms with van der Waals surface area (Å²) in [7, 11) is 1.74. The molecule has 3 rings (SSSR count). The van der Waals surface area contributed by atoms with Crippen LogP contribution in [0, 0.1) is 0 Å². The molecular weight excluding hydrogens is 298 g/mol. The average Bonchev–Trinajstić information content (AvgIpc) is 2.54. The molecule has 9 nitrogen and oxygen atoms in total. The number of carbonyl (C=O) groups is 1. The molecule has 0 atom stereocenters. The Kier molecular flexibility index (Phi) is 3.37. The second kappa shape index (κ2) is 5.37. The van der Waals surface area contributed by atoms with E-state index in [-0.39, 0.29) is 17.3 Å². The van der Waals surface area contributed by atoms with Crippen molar-refractivity contribution in [3.8, 4) is 0 Å². The van der Waals surface area contributed by atoms with Crippen molar-refractivity contribution >= 4 is 40.4 Å². The molecule has 3 aromatic rings. The van der Waals surface area contributed by atoms with Crippen LogP contribution in [-0.4, -0.2) is 38.1 Å². The zero-order valence-electron chi connectivity index (χ0n) is 12.1. The second-order valence-corrected chi connectivity index (χ2v) is 4.78. The van der Waals surface area contributed by atoms with E-state index in [1.807, 2.05) is 0 Å². The van der Waals surface area contributed by atoms with E-state index in [0.717, 1.165) is 0 Å². The quantitative estimate of drug-likeness (QED) is 0.646. The fourth-order valence-corrected chi connectivity index (χ4v) is 2.08. The molecule has 0 spiro atoms. The number of carboxylic acids is 1. The van der Waals surface area contributed by atoms with Gasteiger partial charge in [0.2, 0.25) is 5.95 Å². The number of hydrogen-bond acceptors (Lipinski definition) is 8. The van der Waals surface area contributed by atoms with E-state index in [1.165, 1.54) is 18.3 Å². The monoisotopic (exact) mass is 311 g/mol. The van der Waals surface area contributed by atoms with Crippen LogP contribution in [0.3, 0.4) is 0 Å². The molecular formula is C14H13N7O2. The van der Waals surface area contributed by atoms with Crippen LogP contribution in [0.15, 0.2) is 30.5 Å². The number of aromatic carboxylic acids is 1. The summed E-state index contributed by atoms with van der Waals surface area (Å²) in [6.45, 7) is 0. The van der Waals surface area contributed by atoms with Gasteiger partial charge in [-0.3, -0.25) is 0 Å². The zero-order valence-corrected chi connectivity index (χ0v) is 12.1. The fraction of sp³-hybridized carbons (Fsp3) is 0.0714. The number of aromatic nitrogens is 4. The Morgan fingerprint density at radius 1 is 1.22 bits per heavy atom. The maximum absolute atomic E-state index is 11.1. The summed E-state index contributed by atoms with van der Waals surface area (Å²) in [6.07, 6.45) is 1.50. The molecule has 0 radical (unpaired) electrons. The van der Waals surface area contributed by atoms with Crippen molar-refractivity contribution in [1.29, 1.82) is 0 Å². The van der Waals surface area contributed by atoms with Crippen molar-refractivity contribution in [3.63, 3.8) is 0 Å². The van der Waals surface area contributed by atoms with Gasteiger partial charge in [0.15, 0.2) is 22.8 Å². The summed E-state index contributed by atoms with van der Waals surface area (Å²) >= 11 is 0. The number of hydrogen-bond donors (Lipinski definition) is 3. The van der Waals surface area contributed by atoms with E-state index < -0.39 is 5.97 Å². The summed E-state index contributed by atoms with van der Waals surface area (Å²) in [5, 5.41) is 9.07. The highest BCUT2D eigenvalue weighted by Gasteiger charge is 2.12. The summed E-state index contributed by atoms with van der Waals surface area (Å²) in [4.78, 5) is 29.1. The topological polar surface area (TPSA) is 144 Å². The molecule has 0 aliphatic heterocycles. The Morgan fingerprint density at radius 2 is 2.00 bits per heavy atom. The minimum Gasteiger partial charge on any atom is -0.478 e. The number of benzene rings is 1. The SMILES string of the molecule is CN(c1cccc(C(=O)O)c1)c1cnc2nc(N)nc(N)c2n1. The predicted octanol–water partition coefficient (Wildman–Crippen LogP) is 1.05. The average molecular weight is 311 g/mol. The van der Waals surface area contributed by atoms with Crippen molar-refractivity contribution in [3.05, 3.63) is 36.0 Å². The molecule has 1 aromatic carbocycles. The van der Waals surface area contributed by atoms with E-state index in [1.54, 1.807) is 24.1 Å². The number of carboxylic acid groups (broad SMARTS) is 1. The van der Waals surface area contributed by atoms with E-state index >= 15 is 0 Å². The highest BCUT2D eigenvalue weighted by atomic mass is 16.4. The van der Waals surface area contributed by atoms with Gasteiger partial charge in [0.1, 0.15) is 0 Å². The van der Waals surface area contributed by atoms with E-state index in [0.29, 0.717) is 22.7 Å². The Morgan fingerprint density at radius 3 is 2.74 bits per heavy atom. The fourth-order valence-electron chi connectivity index (χ4n) is 2.08. The van der Waals surface area contributed by atoms with Gasteiger partial charge in [-0.2, -0.15) is 9.97 Å². The summed E-state index contributed by atoms with van der Waals surface area (Å²) < 4.78 is 0. The number of nitrogens with two attached hydrogens (primary N) is 2. The standard InChI is InChI=1S/C14H13N7O2/c1-21(8-4-2-3-7(5-8)13(22)23)9-6-17-12-10(18-9)11(15)19-14(16)20-12/h2-6H,1H3,(H,22,23)(H4,15,16,17,19,20). The van der Waals surface area contributed by atoms with Crippen molar-refractivity contribution in [2.75, 3.05) is 23.4 Å². The molecule has 0 aliphatic rings. The molecule has 2 heterocycles. The molecule has 0 bridgehead atoms. The van der Waals surface area contributed by atoms with Gasteiger partial charge >= 0.3 is 5.97 Å². The van der Waals surface area contributed by atoms with Crippen LogP contribution >= 0.6 is 0 Å². The van der Waals surface area contributed by atoms with Crippen molar-refractivity contribution < 1.29 is 9.90 Å². The third kappa shape index (κ3) is 2.67. The molecule has 0 unspecified atom stereocenters. The zero-order chi connectivity index (χ0) is 16.6. The van der Waals surface area contributed by atoms with Gasteiger partial charge in [0.05, 0.1) is 11.8 Å². The highest BCUT2D eigenvalue weighted by molar-refractivity contribution is 5.89. The molecule has 2 aromatic heterocycles. The Balaban J connectivity index is 2.06. The van der Waals surface area contributed by atoms with Crippen molar-refractivity contribution in [1.82, 2.24) is 19.9 Å². The summed E-state index contributed by atoms with van der Waals surface area (Å²) in [5.41, 5.74) is 12.8. The van der Waals surface area contributed by atoms with Crippen LogP contribution in [0.25, 0.3) is 11.2 Å². The second-order valence-electron chi connectivity index (χ2n) is 4.78. The molecule has 23 heavy (non-hydrogen) atoms. The molecule has 0 fully saturated rings. The van der Waals surface area contributed by atoms with Gasteiger partial charge < -0.3 is 21.5 Å². The smallest absolute Gasteiger partial charge is 0.335 e. The molecule has 116 valence electrons. The van der Waals surface area contributed by atoms with Crippen molar-refractivity contribution in [2.24, 2.45) is 0 Å². The minimum atomic E-state index is -1.00. The lowest BCUT2D eigenvalue weighted by Gasteiger charge is -2.18. The normalized spacial score (nSPS) is 10.7. The van der Waals surface area contributed by atoms with E-state index in [9.17, 15) is 4.79 Å². The molecule has 5 N–H and O–H groups in total. The van der Waals surface area contributed by atoms with Crippen LogP contribution < -0.4 is 16.4 Å². The van der Waals surface area contributed by atoms with Gasteiger partial charge in [-0.15, -0.1) is 0 Å². The molecule has 0 amide bonds. The van der Waals surface area contributed by atoms with Crippen molar-refractivity contribution in [2.45, 2.75) is 0 Å². The largest absolute Gasteiger partial charge is 0.478 e. The lowest BCUT2D eigenvalue weighted by Crippen LogP contribution is -2.13. The number of anilines is 4. The number of nitrogen functional groups attached to an aromatic ring is 2. The lowest BCUT2D eigenvalue weighted by molar-refractivity contribution is 0.0697. The Hall–Kier alpha value is -3.49. The number of rotatable bonds is 3. The van der Waals surface area contributed by atoms with Crippen LogP contribution in [-0.2, 0) is 0 Å². The number of fused-ring (bicyclic) bond motifs is 1. The first kappa shape index (κ1) is 14.4. The van der Waals surface area contributed by atoms with Gasteiger partial charge in [0, 0.05) is 12.7 Å². The third-order valence-corrected chi connectivity index (χ3v) is 3.26. The minimum absolute atomic E-state index is 0.0274. The van der Waals surface area contributed by atoms with Crippen LogP contribution in [0.4, 0.5) is 23.3 Å². The van der Waals surface area contributed by atoms with Gasteiger partial charge in [0.25, 0.3) is 0 Å². The first-order valence-corrected chi connectivity index (χ1v) is 6.58. The predicted molar refractivity (Wildman–Crippen MR) is 85.4 cm³/mol. The van der Waals surface area contributed by atoms with Crippen LogP contribution in [0.1, 0.15) is 10.4 Å². The maximum Gasteiger partial charge on any atom is 0.335 e. The first-order valence-electron chi connectivity index (χ1n) is 6.58. The third-order valence-electron chi connectivity index (χ3n) is 3.26. The van der Waals surface area contributed by atoms with E-state index in [2.05, 4.69) is 19.9 Å². The maximum atomic E-state index is 11.1. The summed E-state index contributed by atoms with van der Waals surface area (Å²) in [6, 6.07) is 6.47.